The number of carbonyl (C=O) groups excluding carboxylic acids is 3. The van der Waals surface area contributed by atoms with Gasteiger partial charge in [0, 0.05) is 26.5 Å². The van der Waals surface area contributed by atoms with Crippen LogP contribution in [0.5, 0.6) is 0 Å². The van der Waals surface area contributed by atoms with E-state index in [1.807, 2.05) is 0 Å². The number of hydrogen-bond donors (Lipinski definition) is 4. The minimum Gasteiger partial charge on any atom is -0.462 e. The lowest BCUT2D eigenvalue weighted by atomic mass is 10.1. The first-order valence-electron chi connectivity index (χ1n) is 22.9. The molecule has 0 aliphatic rings. The molecule has 0 heterocycles. The first-order chi connectivity index (χ1) is 28.2. The van der Waals surface area contributed by atoms with Gasteiger partial charge in [-0.2, -0.15) is 0 Å². The summed E-state index contributed by atoms with van der Waals surface area (Å²) in [5.74, 6) is -0.924. The zero-order valence-corrected chi connectivity index (χ0v) is 39.2. The molecule has 60 heavy (non-hydrogen) atoms. The Morgan fingerprint density at radius 2 is 0.983 bits per heavy atom. The molecule has 0 aliphatic carbocycles. The van der Waals surface area contributed by atoms with E-state index in [1.54, 1.807) is 0 Å². The number of methoxy groups -OCH3 is 1. The lowest BCUT2D eigenvalue weighted by Crippen LogP contribution is -2.30. The number of ether oxygens (including phenoxy) is 4. The smallest absolute Gasteiger partial charge is 0.462 e. The summed E-state index contributed by atoms with van der Waals surface area (Å²) in [6.45, 7) is 3.51. The van der Waals surface area contributed by atoms with Crippen LogP contribution in [0.1, 0.15) is 194 Å². The van der Waals surface area contributed by atoms with E-state index in [1.165, 1.54) is 90.6 Å². The van der Waals surface area contributed by atoms with Crippen molar-refractivity contribution in [3.8, 4) is 0 Å². The maximum absolute atomic E-state index is 12.7. The molecule has 0 saturated heterocycles. The van der Waals surface area contributed by atoms with Gasteiger partial charge in [-0.3, -0.25) is 18.6 Å². The molecular weight excluding hydrogens is 789 g/mol. The van der Waals surface area contributed by atoms with Gasteiger partial charge >= 0.3 is 25.9 Å². The number of nitrogens with one attached hydrogen (secondary N) is 1. The lowest BCUT2D eigenvalue weighted by molar-refractivity contribution is -0.161. The second-order valence-electron chi connectivity index (χ2n) is 15.1. The summed E-state index contributed by atoms with van der Waals surface area (Å²) in [6, 6.07) is 0. The molecule has 15 heteroatoms. The molecule has 1 amide bonds. The van der Waals surface area contributed by atoms with Crippen LogP contribution < -0.4 is 17.6 Å². The van der Waals surface area contributed by atoms with Crippen LogP contribution in [0.4, 0.5) is 4.79 Å². The van der Waals surface area contributed by atoms with E-state index in [4.69, 9.17) is 28.0 Å². The maximum atomic E-state index is 12.7. The largest absolute Gasteiger partial charge is 0.472 e. The topological polar surface area (TPSA) is 226 Å². The van der Waals surface area contributed by atoms with E-state index < -0.39 is 38.6 Å². The molecule has 356 valence electrons. The van der Waals surface area contributed by atoms with Gasteiger partial charge in [0.25, 0.3) is 0 Å². The fourth-order valence-corrected chi connectivity index (χ4v) is 6.85. The maximum Gasteiger partial charge on any atom is 0.472 e. The van der Waals surface area contributed by atoms with E-state index in [0.717, 1.165) is 70.6 Å². The van der Waals surface area contributed by atoms with E-state index in [0.29, 0.717) is 12.8 Å². The number of alkyl carbamates (subject to hydrolysis) is 1. The minimum absolute atomic E-state index is 0. The molecule has 14 nitrogen and oxygen atoms in total. The Morgan fingerprint density at radius 3 is 1.45 bits per heavy atom. The minimum atomic E-state index is -4.58. The SMILES string of the molecule is CCCCCCCC/C=C\CCCCCCCC(=O)OC[C@H](COP(=O)(O)OCCNC(=O)OCCOC)OC(=O)CCCCCCC/C=C\CCCCCCCC.N.N. The fraction of sp³-hybridized carbons (Fsp3) is 0.844. The summed E-state index contributed by atoms with van der Waals surface area (Å²) in [6.07, 6.45) is 37.7. The zero-order valence-electron chi connectivity index (χ0n) is 38.3. The summed E-state index contributed by atoms with van der Waals surface area (Å²) in [5, 5.41) is 2.38. The number of rotatable bonds is 43. The average Bonchev–Trinajstić information content (AvgIpc) is 3.20. The number of allylic oxidation sites excluding steroid dienone is 4. The van der Waals surface area contributed by atoms with Crippen molar-refractivity contribution >= 4 is 25.9 Å². The van der Waals surface area contributed by atoms with Crippen molar-refractivity contribution in [2.45, 2.75) is 200 Å². The van der Waals surface area contributed by atoms with Crippen LogP contribution >= 0.6 is 7.82 Å². The van der Waals surface area contributed by atoms with Crippen molar-refractivity contribution in [3.05, 3.63) is 24.3 Å². The molecule has 2 atom stereocenters. The van der Waals surface area contributed by atoms with E-state index >= 15 is 0 Å². The molecular formula is C45H90N3O11P. The Bertz CT molecular complexity index is 1080. The molecule has 0 aromatic carbocycles. The molecule has 0 aromatic rings. The highest BCUT2D eigenvalue weighted by molar-refractivity contribution is 7.47. The number of esters is 2. The fourth-order valence-electron chi connectivity index (χ4n) is 6.10. The Morgan fingerprint density at radius 1 is 0.550 bits per heavy atom. The predicted octanol–water partition coefficient (Wildman–Crippen LogP) is 12.3. The Labute approximate surface area is 365 Å². The Kier molecular flexibility index (Phi) is 49.3. The van der Waals surface area contributed by atoms with Gasteiger partial charge in [0.1, 0.15) is 13.2 Å². The predicted molar refractivity (Wildman–Crippen MR) is 243 cm³/mol. The van der Waals surface area contributed by atoms with Crippen LogP contribution in [-0.2, 0) is 42.1 Å². The summed E-state index contributed by atoms with van der Waals surface area (Å²) in [5.41, 5.74) is 0. The number of hydrogen-bond acceptors (Lipinski definition) is 12. The highest BCUT2D eigenvalue weighted by atomic mass is 31.2. The van der Waals surface area contributed by atoms with Gasteiger partial charge in [-0.1, -0.05) is 141 Å². The second kappa shape index (κ2) is 47.7. The Balaban J connectivity index is -0.0000162. The lowest BCUT2D eigenvalue weighted by Gasteiger charge is -2.20. The first-order valence-corrected chi connectivity index (χ1v) is 24.4. The normalized spacial score (nSPS) is 12.7. The quantitative estimate of drug-likeness (QED) is 0.0147. The van der Waals surface area contributed by atoms with Crippen molar-refractivity contribution < 1.29 is 51.8 Å². The van der Waals surface area contributed by atoms with Crippen molar-refractivity contribution in [2.75, 3.05) is 46.7 Å². The van der Waals surface area contributed by atoms with Gasteiger partial charge < -0.3 is 41.5 Å². The van der Waals surface area contributed by atoms with Gasteiger partial charge in [0.2, 0.25) is 0 Å². The molecule has 0 radical (unpaired) electrons. The third-order valence-electron chi connectivity index (χ3n) is 9.58. The van der Waals surface area contributed by atoms with Crippen LogP contribution in [0.3, 0.4) is 0 Å². The molecule has 0 aliphatic heterocycles. The highest BCUT2D eigenvalue weighted by Crippen LogP contribution is 2.43. The van der Waals surface area contributed by atoms with E-state index in [-0.39, 0.29) is 58.1 Å². The first kappa shape index (κ1) is 62.0. The number of phosphoric acid groups is 1. The number of phosphoric ester groups is 1. The molecule has 0 bridgehead atoms. The summed E-state index contributed by atoms with van der Waals surface area (Å²) < 4.78 is 43.1. The summed E-state index contributed by atoms with van der Waals surface area (Å²) in [4.78, 5) is 47.0. The summed E-state index contributed by atoms with van der Waals surface area (Å²) >= 11 is 0. The van der Waals surface area contributed by atoms with Crippen molar-refractivity contribution in [1.82, 2.24) is 17.6 Å². The molecule has 0 rings (SSSR count). The third-order valence-corrected chi connectivity index (χ3v) is 10.6. The average molecular weight is 880 g/mol. The van der Waals surface area contributed by atoms with Gasteiger partial charge in [0.05, 0.1) is 19.8 Å². The molecule has 0 aromatic heterocycles. The molecule has 0 fully saturated rings. The number of amides is 1. The van der Waals surface area contributed by atoms with Crippen molar-refractivity contribution in [2.24, 2.45) is 0 Å². The Hall–Kier alpha value is -2.32. The highest BCUT2D eigenvalue weighted by Gasteiger charge is 2.26. The third kappa shape index (κ3) is 46.7. The van der Waals surface area contributed by atoms with Crippen LogP contribution in [0.25, 0.3) is 0 Å². The standard InChI is InChI=1S/C45H84NO11P.2H3N/c1-4-6-8-10-12-14-16-18-20-22-24-26-28-30-32-34-43(47)54-40-42(41-56-58(50,51)55-37-36-46-45(49)53-39-38-52-3)57-44(48)35-33-31-29-27-25-23-21-19-17-15-13-11-9-7-5-2;;/h18-21,42H,4-17,22-41H2,1-3H3,(H,46,49)(H,50,51);2*1H3/b20-18-,21-19-;;/t42-;;/m1../s1. The number of unbranched alkanes of at least 4 members (excludes halogenated alkanes) is 22. The van der Waals surface area contributed by atoms with E-state index in [2.05, 4.69) is 43.5 Å². The van der Waals surface area contributed by atoms with Gasteiger partial charge in [0.15, 0.2) is 6.10 Å². The molecule has 1 unspecified atom stereocenters. The number of carbonyl (C=O) groups is 3. The van der Waals surface area contributed by atoms with Crippen molar-refractivity contribution in [3.63, 3.8) is 0 Å². The van der Waals surface area contributed by atoms with E-state index in [9.17, 15) is 23.8 Å². The second-order valence-corrected chi connectivity index (χ2v) is 16.6. The monoisotopic (exact) mass is 880 g/mol. The molecule has 0 saturated carbocycles. The zero-order chi connectivity index (χ0) is 42.6. The summed E-state index contributed by atoms with van der Waals surface area (Å²) in [7, 11) is -3.10. The van der Waals surface area contributed by atoms with Gasteiger partial charge in [-0.15, -0.1) is 0 Å². The van der Waals surface area contributed by atoms with Crippen LogP contribution in [0.2, 0.25) is 0 Å². The van der Waals surface area contributed by atoms with Crippen LogP contribution in [0.15, 0.2) is 24.3 Å². The molecule has 0 spiro atoms. The van der Waals surface area contributed by atoms with Crippen LogP contribution in [-0.4, -0.2) is 75.7 Å². The van der Waals surface area contributed by atoms with Crippen molar-refractivity contribution in [1.29, 1.82) is 0 Å². The van der Waals surface area contributed by atoms with Gasteiger partial charge in [-0.05, 0) is 64.2 Å². The van der Waals surface area contributed by atoms with Gasteiger partial charge in [-0.25, -0.2) is 9.36 Å². The molecule has 8 N–H and O–H groups in total. The van der Waals surface area contributed by atoms with Crippen LogP contribution in [0, 0.1) is 0 Å².